The molecule has 0 spiro atoms. The molecule has 2 N–H and O–H groups in total. The van der Waals surface area contributed by atoms with Gasteiger partial charge in [0, 0.05) is 29.4 Å². The second-order valence-corrected chi connectivity index (χ2v) is 8.64. The molecule has 1 unspecified atom stereocenters. The Hall–Kier alpha value is -0.270. The lowest BCUT2D eigenvalue weighted by molar-refractivity contribution is 0.580. The first-order valence-electron chi connectivity index (χ1n) is 6.80. The quantitative estimate of drug-likeness (QED) is 0.757. The van der Waals surface area contributed by atoms with Gasteiger partial charge in [0.2, 0.25) is 10.0 Å². The smallest absolute Gasteiger partial charge is 0.240 e. The van der Waals surface area contributed by atoms with Crippen LogP contribution in [0.1, 0.15) is 26.3 Å². The summed E-state index contributed by atoms with van der Waals surface area (Å²) in [6.45, 7) is 7.08. The lowest BCUT2D eigenvalue weighted by Crippen LogP contribution is -2.29. The average Bonchev–Trinajstić information content (AvgIpc) is 2.43. The predicted octanol–water partition coefficient (Wildman–Crippen LogP) is 2.87. The summed E-state index contributed by atoms with van der Waals surface area (Å²) in [6.07, 6.45) is 1.95. The first-order chi connectivity index (χ1) is 9.76. The Balaban J connectivity index is 2.82. The topological polar surface area (TPSA) is 58.2 Å². The van der Waals surface area contributed by atoms with E-state index in [0.29, 0.717) is 24.2 Å². The Kier molecular flexibility index (Phi) is 7.50. The predicted molar refractivity (Wildman–Crippen MR) is 91.6 cm³/mol. The van der Waals surface area contributed by atoms with Crippen molar-refractivity contribution in [2.24, 2.45) is 0 Å². The lowest BCUT2D eigenvalue weighted by Gasteiger charge is -2.13. The molecule has 0 aliphatic heterocycles. The van der Waals surface area contributed by atoms with Crippen LogP contribution in [0.4, 0.5) is 0 Å². The van der Waals surface area contributed by atoms with Crippen LogP contribution in [0.25, 0.3) is 0 Å². The Morgan fingerprint density at radius 3 is 2.48 bits per heavy atom. The standard InChI is InChI=1S/C14H23ClN2O2S2/c1-10(2)16-9-12-5-6-13(7-14(12)15)21(18,19)17-8-11(3)20-4/h5-7,10-11,16-17H,8-9H2,1-4H3. The van der Waals surface area contributed by atoms with E-state index in [1.54, 1.807) is 23.9 Å². The zero-order valence-electron chi connectivity index (χ0n) is 12.8. The van der Waals surface area contributed by atoms with Crippen LogP contribution in [-0.2, 0) is 16.6 Å². The van der Waals surface area contributed by atoms with Gasteiger partial charge in [-0.3, -0.25) is 0 Å². The van der Waals surface area contributed by atoms with Crippen molar-refractivity contribution < 1.29 is 8.42 Å². The zero-order chi connectivity index (χ0) is 16.0. The van der Waals surface area contributed by atoms with Gasteiger partial charge in [0.25, 0.3) is 0 Å². The van der Waals surface area contributed by atoms with Crippen molar-refractivity contribution in [2.45, 2.75) is 43.5 Å². The summed E-state index contributed by atoms with van der Waals surface area (Å²) >= 11 is 7.79. The first-order valence-corrected chi connectivity index (χ1v) is 9.95. The summed E-state index contributed by atoms with van der Waals surface area (Å²) in [5, 5.41) is 3.94. The Morgan fingerprint density at radius 2 is 1.95 bits per heavy atom. The van der Waals surface area contributed by atoms with E-state index in [9.17, 15) is 8.42 Å². The molecular formula is C14H23ClN2O2S2. The normalized spacial score (nSPS) is 13.6. The minimum absolute atomic E-state index is 0.203. The van der Waals surface area contributed by atoms with E-state index in [1.165, 1.54) is 6.07 Å². The maximum Gasteiger partial charge on any atom is 0.240 e. The molecule has 0 aromatic heterocycles. The second-order valence-electron chi connectivity index (χ2n) is 5.19. The van der Waals surface area contributed by atoms with Gasteiger partial charge < -0.3 is 5.32 Å². The third-order valence-electron chi connectivity index (χ3n) is 3.00. The molecule has 1 rings (SSSR count). The number of rotatable bonds is 8. The van der Waals surface area contributed by atoms with Gasteiger partial charge in [0.15, 0.2) is 0 Å². The zero-order valence-corrected chi connectivity index (χ0v) is 15.2. The van der Waals surface area contributed by atoms with Gasteiger partial charge in [-0.15, -0.1) is 0 Å². The molecule has 4 nitrogen and oxygen atoms in total. The Morgan fingerprint density at radius 1 is 1.29 bits per heavy atom. The number of sulfonamides is 1. The second kappa shape index (κ2) is 8.39. The number of halogens is 1. The van der Waals surface area contributed by atoms with Crippen molar-refractivity contribution in [3.8, 4) is 0 Å². The van der Waals surface area contributed by atoms with E-state index in [1.807, 2.05) is 27.0 Å². The number of hydrogen-bond acceptors (Lipinski definition) is 4. The van der Waals surface area contributed by atoms with E-state index in [4.69, 9.17) is 11.6 Å². The Bertz CT molecular complexity index is 562. The molecule has 0 fully saturated rings. The summed E-state index contributed by atoms with van der Waals surface area (Å²) < 4.78 is 27.0. The van der Waals surface area contributed by atoms with Crippen LogP contribution >= 0.6 is 23.4 Å². The molecule has 0 aliphatic rings. The van der Waals surface area contributed by atoms with Crippen LogP contribution < -0.4 is 10.0 Å². The molecule has 1 aromatic rings. The minimum atomic E-state index is -3.50. The van der Waals surface area contributed by atoms with E-state index in [0.717, 1.165) is 5.56 Å². The van der Waals surface area contributed by atoms with Crippen molar-refractivity contribution >= 4 is 33.4 Å². The molecule has 0 heterocycles. The van der Waals surface area contributed by atoms with Gasteiger partial charge in [0.05, 0.1) is 4.90 Å². The highest BCUT2D eigenvalue weighted by molar-refractivity contribution is 7.99. The first kappa shape index (κ1) is 18.8. The molecule has 0 saturated carbocycles. The number of hydrogen-bond donors (Lipinski definition) is 2. The molecule has 0 radical (unpaired) electrons. The molecule has 1 aromatic carbocycles. The van der Waals surface area contributed by atoms with Crippen LogP contribution in [0.15, 0.2) is 23.1 Å². The highest BCUT2D eigenvalue weighted by Gasteiger charge is 2.16. The van der Waals surface area contributed by atoms with Crippen LogP contribution in [0, 0.1) is 0 Å². The lowest BCUT2D eigenvalue weighted by atomic mass is 10.2. The monoisotopic (exact) mass is 350 g/mol. The van der Waals surface area contributed by atoms with Gasteiger partial charge in [-0.2, -0.15) is 11.8 Å². The van der Waals surface area contributed by atoms with Gasteiger partial charge in [-0.05, 0) is 24.0 Å². The van der Waals surface area contributed by atoms with Gasteiger partial charge in [-0.1, -0.05) is 38.4 Å². The maximum absolute atomic E-state index is 12.2. The summed E-state index contributed by atoms with van der Waals surface area (Å²) in [7, 11) is -3.50. The number of benzene rings is 1. The fraction of sp³-hybridized carbons (Fsp3) is 0.571. The van der Waals surface area contributed by atoms with Crippen LogP contribution in [0.2, 0.25) is 5.02 Å². The number of nitrogens with one attached hydrogen (secondary N) is 2. The van der Waals surface area contributed by atoms with Crippen LogP contribution in [0.5, 0.6) is 0 Å². The van der Waals surface area contributed by atoms with E-state index >= 15 is 0 Å². The maximum atomic E-state index is 12.2. The molecule has 0 aliphatic carbocycles. The van der Waals surface area contributed by atoms with E-state index in [2.05, 4.69) is 10.0 Å². The summed E-state index contributed by atoms with van der Waals surface area (Å²) in [4.78, 5) is 0.203. The van der Waals surface area contributed by atoms with Crippen LogP contribution in [0.3, 0.4) is 0 Å². The fourth-order valence-corrected chi connectivity index (χ4v) is 3.37. The van der Waals surface area contributed by atoms with Crippen molar-refractivity contribution in [3.05, 3.63) is 28.8 Å². The van der Waals surface area contributed by atoms with Gasteiger partial charge in [0.1, 0.15) is 0 Å². The van der Waals surface area contributed by atoms with Crippen molar-refractivity contribution in [3.63, 3.8) is 0 Å². The van der Waals surface area contributed by atoms with Crippen LogP contribution in [-0.4, -0.2) is 32.5 Å². The highest BCUT2D eigenvalue weighted by Crippen LogP contribution is 2.21. The van der Waals surface area contributed by atoms with Gasteiger partial charge in [-0.25, -0.2) is 13.1 Å². The summed E-state index contributed by atoms with van der Waals surface area (Å²) in [6, 6.07) is 5.20. The molecular weight excluding hydrogens is 328 g/mol. The largest absolute Gasteiger partial charge is 0.310 e. The van der Waals surface area contributed by atoms with Crippen molar-refractivity contribution in [1.29, 1.82) is 0 Å². The third-order valence-corrected chi connectivity index (χ3v) is 5.74. The molecule has 7 heteroatoms. The minimum Gasteiger partial charge on any atom is -0.310 e. The molecule has 0 bridgehead atoms. The van der Waals surface area contributed by atoms with E-state index < -0.39 is 10.0 Å². The molecule has 0 amide bonds. The highest BCUT2D eigenvalue weighted by atomic mass is 35.5. The van der Waals surface area contributed by atoms with Crippen molar-refractivity contribution in [2.75, 3.05) is 12.8 Å². The van der Waals surface area contributed by atoms with Crippen molar-refractivity contribution in [1.82, 2.24) is 10.0 Å². The summed E-state index contributed by atoms with van der Waals surface area (Å²) in [5.74, 6) is 0. The average molecular weight is 351 g/mol. The summed E-state index contributed by atoms with van der Waals surface area (Å²) in [5.41, 5.74) is 0.891. The van der Waals surface area contributed by atoms with Gasteiger partial charge >= 0.3 is 0 Å². The molecule has 0 saturated heterocycles. The molecule has 1 atom stereocenters. The molecule has 120 valence electrons. The Labute approximate surface area is 137 Å². The van der Waals surface area contributed by atoms with E-state index in [-0.39, 0.29) is 10.1 Å². The molecule has 21 heavy (non-hydrogen) atoms. The SMILES string of the molecule is CSC(C)CNS(=O)(=O)c1ccc(CNC(C)C)c(Cl)c1. The fourth-order valence-electron chi connectivity index (χ4n) is 1.55. The third kappa shape index (κ3) is 6.16. The number of thioether (sulfide) groups is 1.